The summed E-state index contributed by atoms with van der Waals surface area (Å²) in [5.41, 5.74) is 4.51. The monoisotopic (exact) mass is 263 g/mol. The van der Waals surface area contributed by atoms with Gasteiger partial charge in [-0.1, -0.05) is 65.8 Å². The highest BCUT2D eigenvalue weighted by molar-refractivity contribution is 6.03. The standard InChI is InChI=1S/C18H17NO/c20-19-16-11-12-17(14-7-3-1-4-8-14)18(13-16)15-9-5-2-6-10-15/h1-10,13,17,20H,11-12H2. The lowest BCUT2D eigenvalue weighted by atomic mass is 9.79. The summed E-state index contributed by atoms with van der Waals surface area (Å²) in [6, 6.07) is 20.9. The maximum atomic E-state index is 9.06. The fourth-order valence-corrected chi connectivity index (χ4v) is 2.83. The van der Waals surface area contributed by atoms with E-state index in [4.69, 9.17) is 5.21 Å². The van der Waals surface area contributed by atoms with Crippen LogP contribution in [0, 0.1) is 0 Å². The zero-order valence-electron chi connectivity index (χ0n) is 11.2. The van der Waals surface area contributed by atoms with Crippen LogP contribution in [0.1, 0.15) is 29.9 Å². The van der Waals surface area contributed by atoms with Gasteiger partial charge in [-0.15, -0.1) is 0 Å². The second-order valence-electron chi connectivity index (χ2n) is 5.06. The van der Waals surface area contributed by atoms with Crippen LogP contribution in [-0.2, 0) is 0 Å². The fraction of sp³-hybridized carbons (Fsp3) is 0.167. The Morgan fingerprint density at radius 3 is 2.20 bits per heavy atom. The Bertz CT molecular complexity index is 629. The third kappa shape index (κ3) is 2.50. The average molecular weight is 263 g/mol. The van der Waals surface area contributed by atoms with Crippen molar-refractivity contribution in [2.45, 2.75) is 18.8 Å². The lowest BCUT2D eigenvalue weighted by Gasteiger charge is -2.25. The van der Waals surface area contributed by atoms with E-state index in [0.717, 1.165) is 18.6 Å². The molecule has 0 heterocycles. The summed E-state index contributed by atoms with van der Waals surface area (Å²) in [6.45, 7) is 0. The number of benzene rings is 2. The molecule has 0 bridgehead atoms. The lowest BCUT2D eigenvalue weighted by Crippen LogP contribution is -2.12. The largest absolute Gasteiger partial charge is 0.411 e. The van der Waals surface area contributed by atoms with Crippen LogP contribution in [0.5, 0.6) is 0 Å². The van der Waals surface area contributed by atoms with E-state index in [1.165, 1.54) is 16.7 Å². The molecular weight excluding hydrogens is 246 g/mol. The number of hydrogen-bond donors (Lipinski definition) is 1. The van der Waals surface area contributed by atoms with Crippen LogP contribution >= 0.6 is 0 Å². The van der Waals surface area contributed by atoms with Gasteiger partial charge in [0.1, 0.15) is 0 Å². The highest BCUT2D eigenvalue weighted by Crippen LogP contribution is 2.38. The van der Waals surface area contributed by atoms with Gasteiger partial charge in [-0.3, -0.25) is 0 Å². The second kappa shape index (κ2) is 5.74. The minimum absolute atomic E-state index is 0.365. The molecule has 0 radical (unpaired) electrons. The van der Waals surface area contributed by atoms with Gasteiger partial charge < -0.3 is 5.21 Å². The number of nitrogens with zero attached hydrogens (tertiary/aromatic N) is 1. The molecule has 2 nitrogen and oxygen atoms in total. The van der Waals surface area contributed by atoms with Crippen LogP contribution in [-0.4, -0.2) is 10.9 Å². The van der Waals surface area contributed by atoms with E-state index in [9.17, 15) is 0 Å². The predicted octanol–water partition coefficient (Wildman–Crippen LogP) is 4.48. The molecule has 1 unspecified atom stereocenters. The van der Waals surface area contributed by atoms with Gasteiger partial charge >= 0.3 is 0 Å². The smallest absolute Gasteiger partial charge is 0.0799 e. The first-order valence-electron chi connectivity index (χ1n) is 6.91. The van der Waals surface area contributed by atoms with Crippen molar-refractivity contribution >= 4 is 11.3 Å². The Hall–Kier alpha value is -2.35. The van der Waals surface area contributed by atoms with Gasteiger partial charge in [-0.2, -0.15) is 0 Å². The van der Waals surface area contributed by atoms with Crippen molar-refractivity contribution in [1.82, 2.24) is 0 Å². The summed E-state index contributed by atoms with van der Waals surface area (Å²) < 4.78 is 0. The Morgan fingerprint density at radius 2 is 1.55 bits per heavy atom. The van der Waals surface area contributed by atoms with Crippen molar-refractivity contribution in [3.63, 3.8) is 0 Å². The van der Waals surface area contributed by atoms with Gasteiger partial charge in [-0.25, -0.2) is 0 Å². The van der Waals surface area contributed by atoms with Crippen molar-refractivity contribution in [2.75, 3.05) is 0 Å². The van der Waals surface area contributed by atoms with E-state index in [1.54, 1.807) is 0 Å². The molecule has 0 spiro atoms. The van der Waals surface area contributed by atoms with Crippen LogP contribution in [0.3, 0.4) is 0 Å². The topological polar surface area (TPSA) is 32.6 Å². The minimum Gasteiger partial charge on any atom is -0.411 e. The Morgan fingerprint density at radius 1 is 0.900 bits per heavy atom. The van der Waals surface area contributed by atoms with Crippen LogP contribution in [0.4, 0.5) is 0 Å². The van der Waals surface area contributed by atoms with E-state index in [-0.39, 0.29) is 0 Å². The molecule has 1 aliphatic rings. The molecule has 0 fully saturated rings. The molecule has 1 atom stereocenters. The van der Waals surface area contributed by atoms with Gasteiger partial charge in [0.05, 0.1) is 5.71 Å². The molecular formula is C18H17NO. The quantitative estimate of drug-likeness (QED) is 0.629. The fourth-order valence-electron chi connectivity index (χ4n) is 2.83. The van der Waals surface area contributed by atoms with Crippen molar-refractivity contribution in [3.05, 3.63) is 77.9 Å². The van der Waals surface area contributed by atoms with Crippen molar-refractivity contribution in [3.8, 4) is 0 Å². The lowest BCUT2D eigenvalue weighted by molar-refractivity contribution is 0.318. The summed E-state index contributed by atoms with van der Waals surface area (Å²) in [7, 11) is 0. The molecule has 1 N–H and O–H groups in total. The Balaban J connectivity index is 2.06. The first-order chi connectivity index (χ1) is 9.88. The minimum atomic E-state index is 0.365. The molecule has 20 heavy (non-hydrogen) atoms. The summed E-state index contributed by atoms with van der Waals surface area (Å²) in [5, 5.41) is 12.4. The van der Waals surface area contributed by atoms with Gasteiger partial charge in [0.15, 0.2) is 0 Å². The van der Waals surface area contributed by atoms with E-state index in [2.05, 4.69) is 41.6 Å². The van der Waals surface area contributed by atoms with Crippen LogP contribution in [0.2, 0.25) is 0 Å². The van der Waals surface area contributed by atoms with Gasteiger partial charge in [-0.05, 0) is 35.6 Å². The van der Waals surface area contributed by atoms with E-state index in [0.29, 0.717) is 5.92 Å². The molecule has 0 aromatic heterocycles. The van der Waals surface area contributed by atoms with Crippen molar-refractivity contribution in [2.24, 2.45) is 5.16 Å². The van der Waals surface area contributed by atoms with Gasteiger partial charge in [0.2, 0.25) is 0 Å². The number of hydrogen-bond acceptors (Lipinski definition) is 2. The van der Waals surface area contributed by atoms with Crippen LogP contribution < -0.4 is 0 Å². The number of rotatable bonds is 2. The van der Waals surface area contributed by atoms with E-state index >= 15 is 0 Å². The number of oxime groups is 1. The van der Waals surface area contributed by atoms with Crippen LogP contribution in [0.15, 0.2) is 71.9 Å². The molecule has 0 saturated carbocycles. The molecule has 1 aliphatic carbocycles. The normalized spacial score (nSPS) is 20.7. The third-order valence-corrected chi connectivity index (χ3v) is 3.82. The predicted molar refractivity (Wildman–Crippen MR) is 82.1 cm³/mol. The van der Waals surface area contributed by atoms with E-state index in [1.807, 2.05) is 30.3 Å². The molecule has 0 saturated heterocycles. The molecule has 2 aromatic carbocycles. The molecule has 2 heteroatoms. The van der Waals surface area contributed by atoms with E-state index < -0.39 is 0 Å². The highest BCUT2D eigenvalue weighted by atomic mass is 16.4. The molecule has 100 valence electrons. The zero-order valence-corrected chi connectivity index (χ0v) is 11.2. The number of allylic oxidation sites excluding steroid dienone is 2. The Labute approximate surface area is 119 Å². The molecule has 0 amide bonds. The van der Waals surface area contributed by atoms with Gasteiger partial charge in [0.25, 0.3) is 0 Å². The summed E-state index contributed by atoms with van der Waals surface area (Å²) in [5.74, 6) is 0.365. The SMILES string of the molecule is ON=C1C=C(c2ccccc2)C(c2ccccc2)CC1. The Kier molecular flexibility index (Phi) is 3.64. The molecule has 2 aromatic rings. The van der Waals surface area contributed by atoms with Crippen molar-refractivity contribution < 1.29 is 5.21 Å². The maximum Gasteiger partial charge on any atom is 0.0799 e. The van der Waals surface area contributed by atoms with Crippen molar-refractivity contribution in [1.29, 1.82) is 0 Å². The first kappa shape index (κ1) is 12.7. The summed E-state index contributed by atoms with van der Waals surface area (Å²) >= 11 is 0. The summed E-state index contributed by atoms with van der Waals surface area (Å²) in [6.07, 6.45) is 3.81. The van der Waals surface area contributed by atoms with Crippen LogP contribution in [0.25, 0.3) is 5.57 Å². The molecule has 3 rings (SSSR count). The maximum absolute atomic E-state index is 9.06. The summed E-state index contributed by atoms with van der Waals surface area (Å²) in [4.78, 5) is 0. The first-order valence-corrected chi connectivity index (χ1v) is 6.91. The third-order valence-electron chi connectivity index (χ3n) is 3.82. The van der Waals surface area contributed by atoms with Gasteiger partial charge in [0, 0.05) is 5.92 Å². The molecule has 0 aliphatic heterocycles. The highest BCUT2D eigenvalue weighted by Gasteiger charge is 2.23. The average Bonchev–Trinajstić information content (AvgIpc) is 2.56. The zero-order chi connectivity index (χ0) is 13.8. The second-order valence-corrected chi connectivity index (χ2v) is 5.06.